The minimum Gasteiger partial charge on any atom is -0.368 e. The summed E-state index contributed by atoms with van der Waals surface area (Å²) in [7, 11) is 0. The Morgan fingerprint density at radius 3 is 2.42 bits per heavy atom. The van der Waals surface area contributed by atoms with Crippen LogP contribution in [0.4, 0.5) is 0 Å². The Kier molecular flexibility index (Phi) is 4.86. The van der Waals surface area contributed by atoms with E-state index in [1.54, 1.807) is 0 Å². The molecule has 5 nitrogen and oxygen atoms in total. The van der Waals surface area contributed by atoms with Crippen molar-refractivity contribution in [2.24, 2.45) is 11.1 Å². The van der Waals surface area contributed by atoms with Crippen LogP contribution in [0.25, 0.3) is 0 Å². The molecule has 1 atom stereocenters. The summed E-state index contributed by atoms with van der Waals surface area (Å²) >= 11 is 6.39. The number of nitrogens with one attached hydrogen (secondary N) is 2. The number of thiazole rings is 1. The van der Waals surface area contributed by atoms with Gasteiger partial charge in [-0.2, -0.15) is 0 Å². The Labute approximate surface area is 121 Å². The van der Waals surface area contributed by atoms with Crippen molar-refractivity contribution < 1.29 is 9.59 Å². The lowest BCUT2D eigenvalue weighted by atomic mass is 9.86. The molecular weight excluding hydrogens is 282 g/mol. The first-order chi connectivity index (χ1) is 8.61. The van der Waals surface area contributed by atoms with Crippen LogP contribution in [0.15, 0.2) is 0 Å². The fraction of sp³-hybridized carbons (Fsp3) is 0.583. The third kappa shape index (κ3) is 4.43. The molecule has 0 spiro atoms. The molecule has 1 unspecified atom stereocenters. The second-order valence-electron chi connectivity index (χ2n) is 5.51. The van der Waals surface area contributed by atoms with Gasteiger partial charge >= 0.3 is 0 Å². The maximum atomic E-state index is 12.0. The number of hydrogen-bond acceptors (Lipinski definition) is 4. The fourth-order valence-electron chi connectivity index (χ4n) is 1.68. The Balaban J connectivity index is 2.77. The lowest BCUT2D eigenvalue weighted by Crippen LogP contribution is -2.52. The Morgan fingerprint density at radius 2 is 2.05 bits per heavy atom. The van der Waals surface area contributed by atoms with Crippen molar-refractivity contribution in [2.45, 2.75) is 40.2 Å². The van der Waals surface area contributed by atoms with Gasteiger partial charge in [-0.05, 0) is 24.6 Å². The van der Waals surface area contributed by atoms with Crippen molar-refractivity contribution in [2.75, 3.05) is 0 Å². The number of aryl methyl sites for hydroxylation is 1. The van der Waals surface area contributed by atoms with E-state index in [9.17, 15) is 9.59 Å². The summed E-state index contributed by atoms with van der Waals surface area (Å²) in [6.07, 6.45) is 0.198. The van der Waals surface area contributed by atoms with Crippen molar-refractivity contribution in [1.29, 1.82) is 0 Å². The van der Waals surface area contributed by atoms with Crippen molar-refractivity contribution in [1.82, 2.24) is 10.3 Å². The van der Waals surface area contributed by atoms with Gasteiger partial charge in [0.1, 0.15) is 6.04 Å². The largest absolute Gasteiger partial charge is 0.368 e. The molecule has 2 amide bonds. The molecule has 4 N–H and O–H groups in total. The smallest absolute Gasteiger partial charge is 0.240 e. The van der Waals surface area contributed by atoms with Gasteiger partial charge in [0.15, 0.2) is 3.95 Å². The minimum atomic E-state index is -0.688. The normalized spacial score (nSPS) is 13.1. The van der Waals surface area contributed by atoms with Crippen molar-refractivity contribution in [3.8, 4) is 0 Å². The molecule has 1 aromatic rings. The number of aromatic nitrogens is 1. The molecule has 0 aliphatic rings. The van der Waals surface area contributed by atoms with E-state index in [1.807, 2.05) is 27.7 Å². The molecule has 0 aromatic carbocycles. The zero-order valence-corrected chi connectivity index (χ0v) is 13.1. The predicted octanol–water partition coefficient (Wildman–Crippen LogP) is 1.67. The monoisotopic (exact) mass is 301 g/mol. The van der Waals surface area contributed by atoms with E-state index in [0.717, 1.165) is 10.6 Å². The average Bonchev–Trinajstić information content (AvgIpc) is 2.52. The number of H-pyrrole nitrogens is 1. The molecule has 0 aliphatic heterocycles. The van der Waals surface area contributed by atoms with Gasteiger partial charge in [-0.25, -0.2) is 0 Å². The molecule has 7 heteroatoms. The van der Waals surface area contributed by atoms with Gasteiger partial charge in [0, 0.05) is 10.6 Å². The predicted molar refractivity (Wildman–Crippen MR) is 78.5 cm³/mol. The zero-order chi connectivity index (χ0) is 14.8. The summed E-state index contributed by atoms with van der Waals surface area (Å²) in [6.45, 7) is 7.43. The number of amides is 2. The van der Waals surface area contributed by atoms with Gasteiger partial charge in [-0.3, -0.25) is 9.59 Å². The highest BCUT2D eigenvalue weighted by atomic mass is 32.1. The van der Waals surface area contributed by atoms with Gasteiger partial charge in [-0.1, -0.05) is 20.8 Å². The molecule has 19 heavy (non-hydrogen) atoms. The number of carbonyl (C=O) groups is 2. The van der Waals surface area contributed by atoms with Gasteiger partial charge in [0.25, 0.3) is 0 Å². The summed E-state index contributed by atoms with van der Waals surface area (Å²) < 4.78 is 0.641. The number of aromatic amines is 1. The number of rotatable bonds is 4. The molecule has 1 aromatic heterocycles. The highest BCUT2D eigenvalue weighted by Gasteiger charge is 2.31. The number of hydrogen-bond donors (Lipinski definition) is 3. The molecule has 0 fully saturated rings. The van der Waals surface area contributed by atoms with Crippen molar-refractivity contribution in [3.05, 3.63) is 14.5 Å². The highest BCUT2D eigenvalue weighted by molar-refractivity contribution is 7.73. The summed E-state index contributed by atoms with van der Waals surface area (Å²) in [4.78, 5) is 27.2. The minimum absolute atomic E-state index is 0.198. The van der Waals surface area contributed by atoms with Crippen LogP contribution in [-0.4, -0.2) is 22.8 Å². The third-order valence-electron chi connectivity index (χ3n) is 2.70. The van der Waals surface area contributed by atoms with Crippen LogP contribution in [0.2, 0.25) is 0 Å². The van der Waals surface area contributed by atoms with E-state index in [0.29, 0.717) is 3.95 Å². The highest BCUT2D eigenvalue weighted by Crippen LogP contribution is 2.20. The van der Waals surface area contributed by atoms with E-state index in [1.165, 1.54) is 11.3 Å². The number of primary amides is 1. The van der Waals surface area contributed by atoms with Gasteiger partial charge in [-0.15, -0.1) is 11.3 Å². The first kappa shape index (κ1) is 15.8. The Morgan fingerprint density at radius 1 is 1.47 bits per heavy atom. The fourth-order valence-corrected chi connectivity index (χ4v) is 2.97. The maximum absolute atomic E-state index is 12.0. The maximum Gasteiger partial charge on any atom is 0.240 e. The lowest BCUT2D eigenvalue weighted by Gasteiger charge is -2.28. The molecule has 0 bridgehead atoms. The van der Waals surface area contributed by atoms with Crippen LogP contribution in [0.1, 0.15) is 31.3 Å². The van der Waals surface area contributed by atoms with Crippen LogP contribution in [-0.2, 0) is 16.0 Å². The molecule has 0 radical (unpaired) electrons. The Bertz CT molecular complexity index is 540. The molecule has 0 saturated carbocycles. The van der Waals surface area contributed by atoms with Gasteiger partial charge in [0.05, 0.1) is 6.42 Å². The molecular formula is C12H19N3O2S2. The average molecular weight is 301 g/mol. The third-order valence-corrected chi connectivity index (χ3v) is 4.04. The second kappa shape index (κ2) is 5.83. The zero-order valence-electron chi connectivity index (χ0n) is 11.5. The van der Waals surface area contributed by atoms with E-state index < -0.39 is 17.4 Å². The quantitative estimate of drug-likeness (QED) is 0.739. The van der Waals surface area contributed by atoms with E-state index in [2.05, 4.69) is 10.3 Å². The van der Waals surface area contributed by atoms with E-state index in [-0.39, 0.29) is 12.3 Å². The Hall–Kier alpha value is -1.21. The standard InChI is InChI=1S/C12H19N3O2S2/c1-6-7(19-11(18)14-6)5-8(16)15-9(10(13)17)12(2,3)4/h9H,5H2,1-4H3,(H2,13,17)(H,14,18)(H,15,16). The van der Waals surface area contributed by atoms with Crippen molar-refractivity contribution in [3.63, 3.8) is 0 Å². The van der Waals surface area contributed by atoms with Gasteiger partial charge < -0.3 is 16.0 Å². The summed E-state index contributed by atoms with van der Waals surface area (Å²) in [5.74, 6) is -0.758. The summed E-state index contributed by atoms with van der Waals surface area (Å²) in [6, 6.07) is -0.688. The first-order valence-corrected chi connectivity index (χ1v) is 7.11. The summed E-state index contributed by atoms with van der Waals surface area (Å²) in [5, 5.41) is 2.69. The summed E-state index contributed by atoms with van der Waals surface area (Å²) in [5.41, 5.74) is 5.79. The van der Waals surface area contributed by atoms with Crippen molar-refractivity contribution >= 4 is 35.4 Å². The number of nitrogens with two attached hydrogens (primary N) is 1. The topological polar surface area (TPSA) is 88.0 Å². The number of carbonyl (C=O) groups excluding carboxylic acids is 2. The molecule has 1 heterocycles. The van der Waals surface area contributed by atoms with Crippen LogP contribution < -0.4 is 11.1 Å². The second-order valence-corrected chi connectivity index (χ2v) is 7.28. The van der Waals surface area contributed by atoms with E-state index >= 15 is 0 Å². The molecule has 0 saturated heterocycles. The van der Waals surface area contributed by atoms with Crippen LogP contribution in [0, 0.1) is 16.3 Å². The molecule has 106 valence electrons. The van der Waals surface area contributed by atoms with Crippen LogP contribution in [0.5, 0.6) is 0 Å². The van der Waals surface area contributed by atoms with Crippen LogP contribution >= 0.6 is 23.6 Å². The molecule has 1 rings (SSSR count). The SMILES string of the molecule is Cc1[nH]c(=S)sc1CC(=O)NC(C(N)=O)C(C)(C)C. The van der Waals surface area contributed by atoms with Crippen LogP contribution in [0.3, 0.4) is 0 Å². The van der Waals surface area contributed by atoms with Gasteiger partial charge in [0.2, 0.25) is 11.8 Å². The molecule has 0 aliphatic carbocycles. The lowest BCUT2D eigenvalue weighted by molar-refractivity contribution is -0.129. The van der Waals surface area contributed by atoms with E-state index in [4.69, 9.17) is 18.0 Å². The first-order valence-electron chi connectivity index (χ1n) is 5.88.